The molecule has 3 aromatic rings. The van der Waals surface area contributed by atoms with E-state index >= 15 is 0 Å². The second kappa shape index (κ2) is 3.95. The summed E-state index contributed by atoms with van der Waals surface area (Å²) in [6.07, 6.45) is 1.54. The molecule has 0 spiro atoms. The van der Waals surface area contributed by atoms with E-state index in [1.165, 1.54) is 30.5 Å². The number of benzene rings is 1. The van der Waals surface area contributed by atoms with Gasteiger partial charge in [0.25, 0.3) is 0 Å². The van der Waals surface area contributed by atoms with Crippen LogP contribution in [0.3, 0.4) is 0 Å². The largest absolute Gasteiger partial charge is 0.438 e. The number of hydrogen-bond donors (Lipinski definition) is 2. The fourth-order valence-corrected chi connectivity index (χ4v) is 1.52. The van der Waals surface area contributed by atoms with Gasteiger partial charge in [-0.05, 0) is 24.3 Å². The second-order valence-electron chi connectivity index (χ2n) is 3.58. The minimum Gasteiger partial charge on any atom is -0.438 e. The van der Waals surface area contributed by atoms with Gasteiger partial charge in [0.1, 0.15) is 17.0 Å². The van der Waals surface area contributed by atoms with Crippen LogP contribution < -0.4 is 10.5 Å². The van der Waals surface area contributed by atoms with Gasteiger partial charge in [0.05, 0.1) is 6.20 Å². The van der Waals surface area contributed by atoms with E-state index in [1.54, 1.807) is 0 Å². The molecule has 0 fully saturated rings. The lowest BCUT2D eigenvalue weighted by Gasteiger charge is -2.05. The van der Waals surface area contributed by atoms with Crippen LogP contribution in [0.15, 0.2) is 30.5 Å². The first-order valence-electron chi connectivity index (χ1n) is 5.12. The molecule has 0 aliphatic heterocycles. The second-order valence-corrected chi connectivity index (χ2v) is 3.58. The topological polar surface area (TPSA) is 89.7 Å². The summed E-state index contributed by atoms with van der Waals surface area (Å²) in [5.74, 6) is 0.469. The maximum Gasteiger partial charge on any atom is 0.235 e. The third kappa shape index (κ3) is 1.81. The van der Waals surface area contributed by atoms with Crippen molar-refractivity contribution in [1.29, 1.82) is 0 Å². The molecule has 7 heteroatoms. The number of ether oxygens (including phenoxy) is 1. The molecule has 0 atom stereocenters. The Bertz CT molecular complexity index is 694. The maximum absolute atomic E-state index is 12.8. The zero-order valence-electron chi connectivity index (χ0n) is 9.09. The smallest absolute Gasteiger partial charge is 0.235 e. The summed E-state index contributed by atoms with van der Waals surface area (Å²) < 4.78 is 18.3. The third-order valence-electron chi connectivity index (χ3n) is 2.32. The fraction of sp³-hybridized carbons (Fsp3) is 0. The Morgan fingerprint density at radius 1 is 1.17 bits per heavy atom. The van der Waals surface area contributed by atoms with Gasteiger partial charge >= 0.3 is 0 Å². The number of nitrogens with two attached hydrogens (primary N) is 1. The molecule has 18 heavy (non-hydrogen) atoms. The number of nitrogens with zero attached hydrogens (tertiary/aromatic N) is 3. The quantitative estimate of drug-likeness (QED) is 0.719. The normalized spacial score (nSPS) is 10.7. The first-order chi connectivity index (χ1) is 8.72. The summed E-state index contributed by atoms with van der Waals surface area (Å²) in [6.45, 7) is 0. The molecule has 3 rings (SSSR count). The van der Waals surface area contributed by atoms with Crippen LogP contribution in [0.25, 0.3) is 11.0 Å². The third-order valence-corrected chi connectivity index (χ3v) is 2.32. The Morgan fingerprint density at radius 2 is 1.94 bits per heavy atom. The average molecular weight is 245 g/mol. The summed E-state index contributed by atoms with van der Waals surface area (Å²) in [5, 5.41) is 7.12. The van der Waals surface area contributed by atoms with Gasteiger partial charge in [-0.15, -0.1) is 0 Å². The number of H-pyrrole nitrogens is 1. The number of halogens is 1. The van der Waals surface area contributed by atoms with Crippen molar-refractivity contribution in [3.05, 3.63) is 36.3 Å². The molecule has 2 aromatic heterocycles. The van der Waals surface area contributed by atoms with Crippen molar-refractivity contribution in [3.8, 4) is 11.6 Å². The summed E-state index contributed by atoms with van der Waals surface area (Å²) in [7, 11) is 0. The summed E-state index contributed by atoms with van der Waals surface area (Å²) >= 11 is 0. The van der Waals surface area contributed by atoms with E-state index in [4.69, 9.17) is 10.5 Å². The van der Waals surface area contributed by atoms with Crippen molar-refractivity contribution >= 4 is 17.0 Å². The molecule has 0 saturated heterocycles. The van der Waals surface area contributed by atoms with Crippen LogP contribution in [-0.2, 0) is 0 Å². The molecule has 2 heterocycles. The van der Waals surface area contributed by atoms with Crippen LogP contribution in [0, 0.1) is 5.82 Å². The SMILES string of the molecule is Nc1nc(Oc2ccc(F)cc2)c2cn[nH]c2n1. The van der Waals surface area contributed by atoms with E-state index < -0.39 is 0 Å². The molecule has 0 radical (unpaired) electrons. The van der Waals surface area contributed by atoms with Crippen molar-refractivity contribution in [2.75, 3.05) is 5.73 Å². The number of aromatic amines is 1. The van der Waals surface area contributed by atoms with E-state index in [9.17, 15) is 4.39 Å². The number of nitrogens with one attached hydrogen (secondary N) is 1. The van der Waals surface area contributed by atoms with Gasteiger partial charge < -0.3 is 10.5 Å². The summed E-state index contributed by atoms with van der Waals surface area (Å²) in [5.41, 5.74) is 6.04. The van der Waals surface area contributed by atoms with Crippen molar-refractivity contribution in [1.82, 2.24) is 20.2 Å². The average Bonchev–Trinajstić information content (AvgIpc) is 2.80. The molecule has 1 aromatic carbocycles. The number of fused-ring (bicyclic) bond motifs is 1. The highest BCUT2D eigenvalue weighted by Gasteiger charge is 2.10. The Hall–Kier alpha value is -2.70. The Labute approximate surface area is 101 Å². The lowest BCUT2D eigenvalue weighted by Crippen LogP contribution is -1.98. The predicted molar refractivity (Wildman–Crippen MR) is 62.6 cm³/mol. The monoisotopic (exact) mass is 245 g/mol. The van der Waals surface area contributed by atoms with Gasteiger partial charge in [0.15, 0.2) is 5.65 Å². The molecule has 6 nitrogen and oxygen atoms in total. The molecule has 90 valence electrons. The van der Waals surface area contributed by atoms with Gasteiger partial charge in [-0.25, -0.2) is 4.39 Å². The van der Waals surface area contributed by atoms with Crippen LogP contribution in [0.1, 0.15) is 0 Å². The first-order valence-corrected chi connectivity index (χ1v) is 5.12. The van der Waals surface area contributed by atoms with Gasteiger partial charge in [-0.1, -0.05) is 0 Å². The zero-order valence-corrected chi connectivity index (χ0v) is 9.09. The summed E-state index contributed by atoms with van der Waals surface area (Å²) in [4.78, 5) is 7.94. The van der Waals surface area contributed by atoms with E-state index in [-0.39, 0.29) is 17.6 Å². The van der Waals surface area contributed by atoms with Gasteiger partial charge in [-0.3, -0.25) is 5.10 Å². The van der Waals surface area contributed by atoms with Crippen LogP contribution >= 0.6 is 0 Å². The summed E-state index contributed by atoms with van der Waals surface area (Å²) in [6, 6.07) is 5.60. The van der Waals surface area contributed by atoms with Gasteiger partial charge in [-0.2, -0.15) is 15.1 Å². The lowest BCUT2D eigenvalue weighted by molar-refractivity contribution is 0.467. The van der Waals surface area contributed by atoms with E-state index in [0.29, 0.717) is 16.8 Å². The molecule has 0 aliphatic carbocycles. The number of aromatic nitrogens is 4. The van der Waals surface area contributed by atoms with E-state index in [0.717, 1.165) is 0 Å². The van der Waals surface area contributed by atoms with Crippen LogP contribution in [0.2, 0.25) is 0 Å². The lowest BCUT2D eigenvalue weighted by atomic mass is 10.3. The molecule has 0 amide bonds. The number of nitrogen functional groups attached to an aromatic ring is 1. The number of hydrogen-bond acceptors (Lipinski definition) is 5. The minimum atomic E-state index is -0.335. The molecule has 0 aliphatic rings. The Kier molecular flexibility index (Phi) is 2.30. The fourth-order valence-electron chi connectivity index (χ4n) is 1.52. The van der Waals surface area contributed by atoms with Crippen molar-refractivity contribution < 1.29 is 9.13 Å². The molecule has 0 bridgehead atoms. The van der Waals surface area contributed by atoms with Gasteiger partial charge in [0, 0.05) is 0 Å². The number of rotatable bonds is 2. The van der Waals surface area contributed by atoms with E-state index in [1.807, 2.05) is 0 Å². The Balaban J connectivity index is 2.03. The van der Waals surface area contributed by atoms with Crippen molar-refractivity contribution in [3.63, 3.8) is 0 Å². The van der Waals surface area contributed by atoms with Gasteiger partial charge in [0.2, 0.25) is 11.8 Å². The maximum atomic E-state index is 12.8. The van der Waals surface area contributed by atoms with Crippen LogP contribution in [0.4, 0.5) is 10.3 Å². The van der Waals surface area contributed by atoms with Crippen molar-refractivity contribution in [2.45, 2.75) is 0 Å². The highest BCUT2D eigenvalue weighted by atomic mass is 19.1. The predicted octanol–water partition coefficient (Wildman–Crippen LogP) is 1.87. The molecule has 0 unspecified atom stereocenters. The molecule has 0 saturated carbocycles. The van der Waals surface area contributed by atoms with Crippen molar-refractivity contribution in [2.24, 2.45) is 0 Å². The minimum absolute atomic E-state index is 0.0730. The molecular weight excluding hydrogens is 237 g/mol. The molecule has 3 N–H and O–H groups in total. The van der Waals surface area contributed by atoms with Crippen LogP contribution in [-0.4, -0.2) is 20.2 Å². The standard InChI is InChI=1S/C11H8FN5O/c12-6-1-3-7(4-2-6)18-10-8-5-14-17-9(8)15-11(13)16-10/h1-5H,(H3,13,14,15,16,17). The highest BCUT2D eigenvalue weighted by molar-refractivity contribution is 5.80. The zero-order chi connectivity index (χ0) is 12.5. The molecular formula is C11H8FN5O. The van der Waals surface area contributed by atoms with E-state index in [2.05, 4.69) is 20.2 Å². The highest BCUT2D eigenvalue weighted by Crippen LogP contribution is 2.26. The first kappa shape index (κ1) is 10.5. The Morgan fingerprint density at radius 3 is 2.72 bits per heavy atom. The number of anilines is 1. The van der Waals surface area contributed by atoms with Crippen LogP contribution in [0.5, 0.6) is 11.6 Å².